The van der Waals surface area contributed by atoms with Crippen molar-refractivity contribution in [2.24, 2.45) is 0 Å². The minimum Gasteiger partial charge on any atom is -0.496 e. The van der Waals surface area contributed by atoms with Crippen LogP contribution in [0, 0.1) is 12.7 Å². The van der Waals surface area contributed by atoms with E-state index in [9.17, 15) is 9.18 Å². The van der Waals surface area contributed by atoms with Gasteiger partial charge in [-0.25, -0.2) is 4.39 Å². The van der Waals surface area contributed by atoms with E-state index in [0.717, 1.165) is 0 Å². The van der Waals surface area contributed by atoms with Crippen LogP contribution in [-0.4, -0.2) is 18.2 Å². The van der Waals surface area contributed by atoms with E-state index in [1.807, 2.05) is 0 Å². The van der Waals surface area contributed by atoms with Gasteiger partial charge in [0.1, 0.15) is 11.6 Å². The quantitative estimate of drug-likeness (QED) is 0.930. The molecular formula is C11H12BrFO3. The Bertz CT molecular complexity index is 432. The molecule has 1 aromatic carbocycles. The third kappa shape index (κ3) is 2.19. The number of aliphatic carboxylic acids is 1. The van der Waals surface area contributed by atoms with E-state index >= 15 is 0 Å². The van der Waals surface area contributed by atoms with Crippen LogP contribution in [-0.2, 0) is 4.79 Å². The second-order valence-electron chi connectivity index (χ2n) is 3.48. The third-order valence-electron chi connectivity index (χ3n) is 2.46. The summed E-state index contributed by atoms with van der Waals surface area (Å²) in [5.41, 5.74) is 0.765. The molecule has 0 spiro atoms. The van der Waals surface area contributed by atoms with Crippen molar-refractivity contribution in [3.8, 4) is 5.75 Å². The van der Waals surface area contributed by atoms with Crippen LogP contribution in [0.5, 0.6) is 5.75 Å². The number of carboxylic acid groups (broad SMARTS) is 1. The molecule has 0 saturated carbocycles. The van der Waals surface area contributed by atoms with Gasteiger partial charge in [-0.05, 0) is 35.8 Å². The molecule has 0 heterocycles. The topological polar surface area (TPSA) is 46.5 Å². The molecule has 0 aliphatic heterocycles. The van der Waals surface area contributed by atoms with Crippen LogP contribution in [0.2, 0.25) is 0 Å². The zero-order valence-electron chi connectivity index (χ0n) is 9.17. The summed E-state index contributed by atoms with van der Waals surface area (Å²) in [5, 5.41) is 8.94. The fraction of sp³-hybridized carbons (Fsp3) is 0.364. The van der Waals surface area contributed by atoms with Gasteiger partial charge in [-0.15, -0.1) is 0 Å². The molecule has 16 heavy (non-hydrogen) atoms. The van der Waals surface area contributed by atoms with Crippen LogP contribution >= 0.6 is 15.9 Å². The average Bonchev–Trinajstić information content (AvgIpc) is 2.24. The van der Waals surface area contributed by atoms with Gasteiger partial charge in [0.05, 0.1) is 17.5 Å². The highest BCUT2D eigenvalue weighted by Gasteiger charge is 2.22. The zero-order chi connectivity index (χ0) is 12.5. The van der Waals surface area contributed by atoms with Crippen molar-refractivity contribution < 1.29 is 19.0 Å². The molecule has 1 unspecified atom stereocenters. The molecule has 0 fully saturated rings. The van der Waals surface area contributed by atoms with Gasteiger partial charge in [-0.3, -0.25) is 4.79 Å². The van der Waals surface area contributed by atoms with Crippen LogP contribution in [0.15, 0.2) is 10.5 Å². The van der Waals surface area contributed by atoms with E-state index in [1.165, 1.54) is 20.1 Å². The van der Waals surface area contributed by atoms with E-state index in [4.69, 9.17) is 9.84 Å². The van der Waals surface area contributed by atoms with Crippen LogP contribution in [0.4, 0.5) is 4.39 Å². The minimum atomic E-state index is -0.976. The van der Waals surface area contributed by atoms with Gasteiger partial charge in [0, 0.05) is 11.1 Å². The first-order valence-corrected chi connectivity index (χ1v) is 5.44. The number of carbonyl (C=O) groups is 1. The fourth-order valence-electron chi connectivity index (χ4n) is 1.49. The van der Waals surface area contributed by atoms with Crippen LogP contribution < -0.4 is 4.74 Å². The molecule has 5 heteroatoms. The predicted molar refractivity (Wildman–Crippen MR) is 61.4 cm³/mol. The Labute approximate surface area is 101 Å². The molecule has 0 amide bonds. The second-order valence-corrected chi connectivity index (χ2v) is 4.33. The SMILES string of the molecule is COc1c(C(C)C(=O)O)cc(Br)c(F)c1C. The maximum absolute atomic E-state index is 13.5. The lowest BCUT2D eigenvalue weighted by Gasteiger charge is -2.16. The first-order chi connectivity index (χ1) is 7.40. The van der Waals surface area contributed by atoms with Crippen molar-refractivity contribution >= 4 is 21.9 Å². The Hall–Kier alpha value is -1.10. The summed E-state index contributed by atoms with van der Waals surface area (Å²) in [6, 6.07) is 1.44. The summed E-state index contributed by atoms with van der Waals surface area (Å²) in [6.07, 6.45) is 0. The maximum atomic E-state index is 13.5. The Morgan fingerprint density at radius 1 is 1.62 bits per heavy atom. The standard InChI is InChI=1S/C11H12BrFO3/c1-5(11(14)15)7-4-8(12)9(13)6(2)10(7)16-3/h4-5H,1-3H3,(H,14,15). The number of halogens is 2. The smallest absolute Gasteiger partial charge is 0.310 e. The zero-order valence-corrected chi connectivity index (χ0v) is 10.8. The summed E-state index contributed by atoms with van der Waals surface area (Å²) >= 11 is 3.05. The lowest BCUT2D eigenvalue weighted by atomic mass is 9.97. The molecule has 0 radical (unpaired) electrons. The maximum Gasteiger partial charge on any atom is 0.310 e. The van der Waals surface area contributed by atoms with Gasteiger partial charge in [0.15, 0.2) is 0 Å². The average molecular weight is 291 g/mol. The monoisotopic (exact) mass is 290 g/mol. The number of rotatable bonds is 3. The van der Waals surface area contributed by atoms with Gasteiger partial charge in [-0.1, -0.05) is 0 Å². The van der Waals surface area contributed by atoms with Gasteiger partial charge in [0.2, 0.25) is 0 Å². The largest absolute Gasteiger partial charge is 0.496 e. The van der Waals surface area contributed by atoms with Gasteiger partial charge in [-0.2, -0.15) is 0 Å². The molecule has 0 saturated heterocycles. The molecule has 3 nitrogen and oxygen atoms in total. The summed E-state index contributed by atoms with van der Waals surface area (Å²) in [5.74, 6) is -1.87. The Balaban J connectivity index is 3.44. The molecule has 0 aromatic heterocycles. The lowest BCUT2D eigenvalue weighted by molar-refractivity contribution is -0.138. The molecular weight excluding hydrogens is 279 g/mol. The van der Waals surface area contributed by atoms with Crippen molar-refractivity contribution in [2.75, 3.05) is 7.11 Å². The first-order valence-electron chi connectivity index (χ1n) is 4.65. The van der Waals surface area contributed by atoms with Crippen LogP contribution in [0.1, 0.15) is 24.0 Å². The minimum absolute atomic E-state index is 0.244. The normalized spacial score (nSPS) is 12.3. The number of methoxy groups -OCH3 is 1. The van der Waals surface area contributed by atoms with Gasteiger partial charge >= 0.3 is 5.97 Å². The molecule has 1 rings (SSSR count). The summed E-state index contributed by atoms with van der Waals surface area (Å²) in [6.45, 7) is 3.08. The number of hydrogen-bond acceptors (Lipinski definition) is 2. The van der Waals surface area contributed by atoms with Crippen molar-refractivity contribution in [2.45, 2.75) is 19.8 Å². The summed E-state index contributed by atoms with van der Waals surface area (Å²) < 4.78 is 18.9. The van der Waals surface area contributed by atoms with Crippen LogP contribution in [0.3, 0.4) is 0 Å². The molecule has 1 N–H and O–H groups in total. The lowest BCUT2D eigenvalue weighted by Crippen LogP contribution is -2.10. The molecule has 0 aliphatic carbocycles. The molecule has 1 atom stereocenters. The Kier molecular flexibility index (Phi) is 3.91. The van der Waals surface area contributed by atoms with Gasteiger partial charge < -0.3 is 9.84 Å². The fourth-order valence-corrected chi connectivity index (χ4v) is 2.03. The summed E-state index contributed by atoms with van der Waals surface area (Å²) in [4.78, 5) is 10.9. The third-order valence-corrected chi connectivity index (χ3v) is 3.04. The number of benzene rings is 1. The molecule has 0 bridgehead atoms. The van der Waals surface area contributed by atoms with Crippen molar-refractivity contribution in [3.63, 3.8) is 0 Å². The number of ether oxygens (including phenoxy) is 1. The number of hydrogen-bond donors (Lipinski definition) is 1. The predicted octanol–water partition coefficient (Wildman–Crippen LogP) is 3.09. The molecule has 1 aromatic rings. The Morgan fingerprint density at radius 3 is 2.62 bits per heavy atom. The number of carboxylic acids is 1. The van der Waals surface area contributed by atoms with Crippen LogP contribution in [0.25, 0.3) is 0 Å². The van der Waals surface area contributed by atoms with E-state index < -0.39 is 17.7 Å². The van der Waals surface area contributed by atoms with Crippen molar-refractivity contribution in [3.05, 3.63) is 27.5 Å². The van der Waals surface area contributed by atoms with Crippen molar-refractivity contribution in [1.82, 2.24) is 0 Å². The van der Waals surface area contributed by atoms with E-state index in [0.29, 0.717) is 11.1 Å². The summed E-state index contributed by atoms with van der Waals surface area (Å²) in [7, 11) is 1.40. The van der Waals surface area contributed by atoms with E-state index in [2.05, 4.69) is 15.9 Å². The Morgan fingerprint density at radius 2 is 2.19 bits per heavy atom. The van der Waals surface area contributed by atoms with E-state index in [-0.39, 0.29) is 10.2 Å². The molecule has 88 valence electrons. The highest BCUT2D eigenvalue weighted by atomic mass is 79.9. The van der Waals surface area contributed by atoms with Crippen molar-refractivity contribution in [1.29, 1.82) is 0 Å². The van der Waals surface area contributed by atoms with Gasteiger partial charge in [0.25, 0.3) is 0 Å². The first kappa shape index (κ1) is 13.0. The molecule has 0 aliphatic rings. The second kappa shape index (κ2) is 4.82. The van der Waals surface area contributed by atoms with E-state index in [1.54, 1.807) is 6.92 Å². The highest BCUT2D eigenvalue weighted by molar-refractivity contribution is 9.10. The highest BCUT2D eigenvalue weighted by Crippen LogP contribution is 2.35.